The van der Waals surface area contributed by atoms with Gasteiger partial charge >= 0.3 is 0 Å². The van der Waals surface area contributed by atoms with E-state index in [1.807, 2.05) is 0 Å². The van der Waals surface area contributed by atoms with Crippen molar-refractivity contribution in [3.63, 3.8) is 0 Å². The topological polar surface area (TPSA) is 49.5 Å². The van der Waals surface area contributed by atoms with E-state index in [0.717, 1.165) is 0 Å². The fraction of sp³-hybridized carbons (Fsp3) is 0.625. The second-order valence-corrected chi connectivity index (χ2v) is 5.50. The quantitative estimate of drug-likeness (QED) is 0.857. The van der Waals surface area contributed by atoms with Crippen molar-refractivity contribution < 1.29 is 5.11 Å². The fourth-order valence-electron chi connectivity index (χ4n) is 3.27. The van der Waals surface area contributed by atoms with Crippen molar-refractivity contribution in [2.45, 2.75) is 51.6 Å². The molecule has 0 bridgehead atoms. The number of rotatable bonds is 5. The minimum atomic E-state index is 0.203. The number of hydrogen-bond donors (Lipinski definition) is 2. The number of aliphatic hydroxyl groups is 1. The first-order valence-corrected chi connectivity index (χ1v) is 7.44. The zero-order chi connectivity index (χ0) is 13.7. The van der Waals surface area contributed by atoms with Gasteiger partial charge in [0.2, 0.25) is 0 Å². The lowest BCUT2D eigenvalue weighted by molar-refractivity contribution is 0.289. The fourth-order valence-corrected chi connectivity index (χ4v) is 3.27. The summed E-state index contributed by atoms with van der Waals surface area (Å²) in [5, 5.41) is 9.41. The molecule has 0 amide bonds. The normalized spacial score (nSPS) is 16.6. The molecule has 1 aliphatic rings. The molecule has 1 aliphatic carbocycles. The van der Waals surface area contributed by atoms with E-state index in [9.17, 15) is 5.11 Å². The molecule has 0 saturated heterocycles. The maximum atomic E-state index is 9.41. The molecule has 19 heavy (non-hydrogen) atoms. The SMILES string of the molecule is Cc1cccc(CN)c1N(CCO)C1CCCCC1. The predicted molar refractivity (Wildman–Crippen MR) is 80.4 cm³/mol. The van der Waals surface area contributed by atoms with E-state index in [2.05, 4.69) is 30.0 Å². The first-order valence-electron chi connectivity index (χ1n) is 7.44. The van der Waals surface area contributed by atoms with Gasteiger partial charge in [-0.3, -0.25) is 0 Å². The summed E-state index contributed by atoms with van der Waals surface area (Å²) >= 11 is 0. The lowest BCUT2D eigenvalue weighted by atomic mass is 9.92. The predicted octanol–water partition coefficient (Wildman–Crippen LogP) is 2.59. The van der Waals surface area contributed by atoms with E-state index in [0.29, 0.717) is 19.1 Å². The molecule has 0 unspecified atom stereocenters. The largest absolute Gasteiger partial charge is 0.395 e. The molecule has 0 aliphatic heterocycles. The molecule has 3 heteroatoms. The number of nitrogens with two attached hydrogens (primary N) is 1. The van der Waals surface area contributed by atoms with Crippen LogP contribution in [0.3, 0.4) is 0 Å². The first kappa shape index (κ1) is 14.4. The van der Waals surface area contributed by atoms with Crippen molar-refractivity contribution >= 4 is 5.69 Å². The smallest absolute Gasteiger partial charge is 0.0606 e. The van der Waals surface area contributed by atoms with Crippen LogP contribution >= 0.6 is 0 Å². The van der Waals surface area contributed by atoms with Gasteiger partial charge in [-0.15, -0.1) is 0 Å². The lowest BCUT2D eigenvalue weighted by Gasteiger charge is -2.38. The Morgan fingerprint density at radius 2 is 2.00 bits per heavy atom. The van der Waals surface area contributed by atoms with Crippen molar-refractivity contribution in [2.24, 2.45) is 5.73 Å². The molecule has 106 valence electrons. The molecule has 1 fully saturated rings. The summed E-state index contributed by atoms with van der Waals surface area (Å²) in [6.07, 6.45) is 6.42. The molecule has 0 heterocycles. The molecule has 0 spiro atoms. The van der Waals surface area contributed by atoms with Crippen LogP contribution in [0.15, 0.2) is 18.2 Å². The van der Waals surface area contributed by atoms with Crippen LogP contribution in [-0.4, -0.2) is 24.3 Å². The van der Waals surface area contributed by atoms with Gasteiger partial charge < -0.3 is 15.7 Å². The highest BCUT2D eigenvalue weighted by atomic mass is 16.3. The van der Waals surface area contributed by atoms with Crippen LogP contribution in [0.5, 0.6) is 0 Å². The standard InChI is InChI=1S/C16H26N2O/c1-13-6-5-7-14(12-17)16(13)18(10-11-19)15-8-3-2-4-9-15/h5-7,15,19H,2-4,8-12,17H2,1H3. The molecule has 3 N–H and O–H groups in total. The average molecular weight is 262 g/mol. The van der Waals surface area contributed by atoms with Gasteiger partial charge in [0.25, 0.3) is 0 Å². The highest BCUT2D eigenvalue weighted by Crippen LogP contribution is 2.31. The van der Waals surface area contributed by atoms with E-state index in [-0.39, 0.29) is 6.61 Å². The Kier molecular flexibility index (Phi) is 5.23. The Morgan fingerprint density at radius 3 is 2.63 bits per heavy atom. The summed E-state index contributed by atoms with van der Waals surface area (Å²) < 4.78 is 0. The van der Waals surface area contributed by atoms with E-state index in [1.165, 1.54) is 48.9 Å². The van der Waals surface area contributed by atoms with Gasteiger partial charge in [0.1, 0.15) is 0 Å². The third-order valence-electron chi connectivity index (χ3n) is 4.18. The highest BCUT2D eigenvalue weighted by Gasteiger charge is 2.23. The second kappa shape index (κ2) is 6.92. The third-order valence-corrected chi connectivity index (χ3v) is 4.18. The van der Waals surface area contributed by atoms with Crippen LogP contribution in [0.1, 0.15) is 43.2 Å². The van der Waals surface area contributed by atoms with Gasteiger partial charge in [-0.05, 0) is 30.9 Å². The van der Waals surface area contributed by atoms with Crippen molar-refractivity contribution in [2.75, 3.05) is 18.1 Å². The average Bonchev–Trinajstić information content (AvgIpc) is 2.46. The molecule has 0 atom stereocenters. The van der Waals surface area contributed by atoms with Gasteiger partial charge in [0.05, 0.1) is 6.61 Å². The van der Waals surface area contributed by atoms with Gasteiger partial charge in [-0.25, -0.2) is 0 Å². The summed E-state index contributed by atoms with van der Waals surface area (Å²) in [5.74, 6) is 0. The summed E-state index contributed by atoms with van der Waals surface area (Å²) in [6.45, 7) is 3.62. The van der Waals surface area contributed by atoms with Gasteiger partial charge in [0, 0.05) is 24.8 Å². The Labute approximate surface area is 116 Å². The van der Waals surface area contributed by atoms with Crippen molar-refractivity contribution in [3.8, 4) is 0 Å². The monoisotopic (exact) mass is 262 g/mol. The number of hydrogen-bond acceptors (Lipinski definition) is 3. The number of anilines is 1. The summed E-state index contributed by atoms with van der Waals surface area (Å²) in [7, 11) is 0. The van der Waals surface area contributed by atoms with Crippen molar-refractivity contribution in [1.29, 1.82) is 0 Å². The number of aliphatic hydroxyl groups excluding tert-OH is 1. The molecular weight excluding hydrogens is 236 g/mol. The number of nitrogens with zero attached hydrogens (tertiary/aromatic N) is 1. The molecule has 1 aromatic rings. The minimum absolute atomic E-state index is 0.203. The van der Waals surface area contributed by atoms with Crippen LogP contribution in [0, 0.1) is 6.92 Å². The third kappa shape index (κ3) is 3.28. The molecular formula is C16H26N2O. The van der Waals surface area contributed by atoms with Crippen LogP contribution in [0.25, 0.3) is 0 Å². The maximum Gasteiger partial charge on any atom is 0.0606 e. The van der Waals surface area contributed by atoms with Gasteiger partial charge in [-0.1, -0.05) is 37.5 Å². The zero-order valence-electron chi connectivity index (χ0n) is 11.9. The number of aryl methyl sites for hydroxylation is 1. The maximum absolute atomic E-state index is 9.41. The van der Waals surface area contributed by atoms with Crippen LogP contribution in [0.4, 0.5) is 5.69 Å². The highest BCUT2D eigenvalue weighted by molar-refractivity contribution is 5.60. The molecule has 1 saturated carbocycles. The number of benzene rings is 1. The van der Waals surface area contributed by atoms with Crippen LogP contribution < -0.4 is 10.6 Å². The molecule has 2 rings (SSSR count). The van der Waals surface area contributed by atoms with Crippen molar-refractivity contribution in [1.82, 2.24) is 0 Å². The van der Waals surface area contributed by atoms with Gasteiger partial charge in [0.15, 0.2) is 0 Å². The lowest BCUT2D eigenvalue weighted by Crippen LogP contribution is -2.40. The summed E-state index contributed by atoms with van der Waals surface area (Å²) in [6, 6.07) is 6.88. The van der Waals surface area contributed by atoms with E-state index in [4.69, 9.17) is 5.73 Å². The second-order valence-electron chi connectivity index (χ2n) is 5.50. The van der Waals surface area contributed by atoms with Crippen LogP contribution in [-0.2, 0) is 6.54 Å². The number of para-hydroxylation sites is 1. The molecule has 0 aromatic heterocycles. The minimum Gasteiger partial charge on any atom is -0.395 e. The summed E-state index contributed by atoms with van der Waals surface area (Å²) in [5.41, 5.74) is 9.61. The van der Waals surface area contributed by atoms with E-state index in [1.54, 1.807) is 0 Å². The first-order chi connectivity index (χ1) is 9.27. The van der Waals surface area contributed by atoms with E-state index < -0.39 is 0 Å². The Bertz CT molecular complexity index is 400. The van der Waals surface area contributed by atoms with Crippen molar-refractivity contribution in [3.05, 3.63) is 29.3 Å². The Hall–Kier alpha value is -1.06. The Balaban J connectivity index is 2.32. The van der Waals surface area contributed by atoms with Gasteiger partial charge in [-0.2, -0.15) is 0 Å². The molecule has 1 aromatic carbocycles. The van der Waals surface area contributed by atoms with Crippen LogP contribution in [0.2, 0.25) is 0 Å². The van der Waals surface area contributed by atoms with E-state index >= 15 is 0 Å². The Morgan fingerprint density at radius 1 is 1.26 bits per heavy atom. The molecule has 3 nitrogen and oxygen atoms in total. The summed E-state index contributed by atoms with van der Waals surface area (Å²) in [4.78, 5) is 2.40. The molecule has 0 radical (unpaired) electrons. The zero-order valence-corrected chi connectivity index (χ0v) is 11.9.